The van der Waals surface area contributed by atoms with Gasteiger partial charge in [-0.05, 0) is 35.4 Å². The number of nitrogens with one attached hydrogen (secondary N) is 1. The van der Waals surface area contributed by atoms with Crippen molar-refractivity contribution in [2.45, 2.75) is 12.5 Å². The first-order valence-corrected chi connectivity index (χ1v) is 9.73. The van der Waals surface area contributed by atoms with E-state index in [1.807, 2.05) is 54.6 Å². The molecule has 1 amide bonds. The van der Waals surface area contributed by atoms with Crippen LogP contribution in [-0.4, -0.2) is 30.3 Å². The van der Waals surface area contributed by atoms with Crippen molar-refractivity contribution >= 4 is 17.3 Å². The van der Waals surface area contributed by atoms with Crippen LogP contribution in [0.3, 0.4) is 0 Å². The van der Waals surface area contributed by atoms with E-state index in [1.54, 1.807) is 25.3 Å². The Bertz CT molecular complexity index is 1050. The Balaban J connectivity index is 1.58. The first-order valence-electron chi connectivity index (χ1n) is 9.73. The molecule has 5 nitrogen and oxygen atoms in total. The second kappa shape index (κ2) is 8.78. The Labute approximate surface area is 174 Å². The van der Waals surface area contributed by atoms with Gasteiger partial charge >= 0.3 is 0 Å². The summed E-state index contributed by atoms with van der Waals surface area (Å²) in [5.74, 6) is 0.122. The lowest BCUT2D eigenvalue weighted by Crippen LogP contribution is -2.32. The molecular weight excluding hydrogens is 381 g/mol. The lowest BCUT2D eigenvalue weighted by Gasteiger charge is -2.22. The fourth-order valence-electron chi connectivity index (χ4n) is 3.49. The van der Waals surface area contributed by atoms with E-state index in [9.17, 15) is 9.18 Å². The van der Waals surface area contributed by atoms with Gasteiger partial charge in [-0.25, -0.2) is 9.40 Å². The number of halogens is 1. The van der Waals surface area contributed by atoms with Crippen LogP contribution in [0, 0.1) is 5.82 Å². The van der Waals surface area contributed by atoms with E-state index in [0.29, 0.717) is 12.1 Å². The predicted octanol–water partition coefficient (Wildman–Crippen LogP) is 4.62. The number of anilines is 1. The zero-order chi connectivity index (χ0) is 20.9. The summed E-state index contributed by atoms with van der Waals surface area (Å²) in [7, 11) is 1.62. The van der Waals surface area contributed by atoms with Gasteiger partial charge in [-0.3, -0.25) is 4.79 Å². The molecule has 1 aliphatic rings. The molecule has 0 saturated carbocycles. The summed E-state index contributed by atoms with van der Waals surface area (Å²) in [5, 5.41) is 9.01. The topological polar surface area (TPSA) is 53.9 Å². The van der Waals surface area contributed by atoms with Gasteiger partial charge in [0.05, 0.1) is 31.1 Å². The quantitative estimate of drug-likeness (QED) is 0.653. The van der Waals surface area contributed by atoms with Crippen molar-refractivity contribution in [2.24, 2.45) is 5.10 Å². The molecule has 0 unspecified atom stereocenters. The number of carbonyl (C=O) groups excluding carboxylic acids is 1. The summed E-state index contributed by atoms with van der Waals surface area (Å²) in [6, 6.07) is 23.5. The average molecular weight is 403 g/mol. The first-order chi connectivity index (χ1) is 14.7. The Morgan fingerprint density at radius 1 is 1.07 bits per heavy atom. The maximum absolute atomic E-state index is 13.9. The Hall–Kier alpha value is -3.67. The highest BCUT2D eigenvalue weighted by atomic mass is 19.1. The van der Waals surface area contributed by atoms with Crippen LogP contribution in [-0.2, 0) is 4.79 Å². The number of para-hydroxylation sites is 1. The van der Waals surface area contributed by atoms with Crippen molar-refractivity contribution in [3.8, 4) is 5.75 Å². The molecule has 1 heterocycles. The van der Waals surface area contributed by atoms with Crippen molar-refractivity contribution in [3.05, 3.63) is 95.8 Å². The van der Waals surface area contributed by atoms with E-state index in [-0.39, 0.29) is 18.5 Å². The van der Waals surface area contributed by atoms with Crippen molar-refractivity contribution < 1.29 is 13.9 Å². The molecule has 3 aromatic rings. The molecule has 30 heavy (non-hydrogen) atoms. The molecule has 0 bridgehead atoms. The Morgan fingerprint density at radius 3 is 2.47 bits per heavy atom. The van der Waals surface area contributed by atoms with Gasteiger partial charge in [-0.15, -0.1) is 0 Å². The number of nitrogens with zero attached hydrogens (tertiary/aromatic N) is 2. The molecule has 1 aliphatic heterocycles. The van der Waals surface area contributed by atoms with Crippen molar-refractivity contribution in [2.75, 3.05) is 19.0 Å². The van der Waals surface area contributed by atoms with Crippen molar-refractivity contribution in [3.63, 3.8) is 0 Å². The van der Waals surface area contributed by atoms with Gasteiger partial charge in [-0.1, -0.05) is 54.6 Å². The molecule has 6 heteroatoms. The van der Waals surface area contributed by atoms with Crippen molar-refractivity contribution in [1.29, 1.82) is 0 Å². The van der Waals surface area contributed by atoms with Gasteiger partial charge in [-0.2, -0.15) is 5.10 Å². The molecule has 0 radical (unpaired) electrons. The van der Waals surface area contributed by atoms with Crippen LogP contribution in [0.1, 0.15) is 23.6 Å². The Morgan fingerprint density at radius 2 is 1.77 bits per heavy atom. The van der Waals surface area contributed by atoms with Crippen LogP contribution in [0.2, 0.25) is 0 Å². The summed E-state index contributed by atoms with van der Waals surface area (Å²) < 4.78 is 19.1. The Kier molecular flexibility index (Phi) is 5.75. The van der Waals surface area contributed by atoms with E-state index in [2.05, 4.69) is 10.4 Å². The van der Waals surface area contributed by atoms with Gasteiger partial charge in [0.2, 0.25) is 0 Å². The predicted molar refractivity (Wildman–Crippen MR) is 115 cm³/mol. The number of benzene rings is 3. The maximum Gasteiger partial charge on any atom is 0.262 e. The third kappa shape index (κ3) is 4.17. The normalized spacial score (nSPS) is 15.6. The van der Waals surface area contributed by atoms with E-state index in [1.165, 1.54) is 11.1 Å². The van der Waals surface area contributed by atoms with Crippen LogP contribution in [0.4, 0.5) is 10.1 Å². The third-order valence-corrected chi connectivity index (χ3v) is 5.08. The number of ether oxygens (including phenoxy) is 1. The van der Waals surface area contributed by atoms with E-state index in [0.717, 1.165) is 22.6 Å². The van der Waals surface area contributed by atoms with Crippen LogP contribution < -0.4 is 10.1 Å². The minimum Gasteiger partial charge on any atom is -0.497 e. The van der Waals surface area contributed by atoms with Crippen molar-refractivity contribution in [1.82, 2.24) is 5.01 Å². The van der Waals surface area contributed by atoms with Crippen LogP contribution in [0.25, 0.3) is 0 Å². The lowest BCUT2D eigenvalue weighted by molar-refractivity contribution is -0.131. The zero-order valence-corrected chi connectivity index (χ0v) is 16.6. The highest BCUT2D eigenvalue weighted by molar-refractivity contribution is 6.03. The number of hydrazone groups is 1. The maximum atomic E-state index is 13.9. The molecule has 0 spiro atoms. The van der Waals surface area contributed by atoms with Crippen LogP contribution in [0.15, 0.2) is 84.0 Å². The number of rotatable bonds is 6. The zero-order valence-electron chi connectivity index (χ0n) is 16.6. The van der Waals surface area contributed by atoms with Gasteiger partial charge in [0.1, 0.15) is 11.6 Å². The van der Waals surface area contributed by atoms with Gasteiger partial charge in [0.25, 0.3) is 5.91 Å². The molecule has 4 rings (SSSR count). The first kappa shape index (κ1) is 19.6. The van der Waals surface area contributed by atoms with E-state index >= 15 is 0 Å². The third-order valence-electron chi connectivity index (χ3n) is 5.08. The standard InChI is InChI=1S/C24H22FN3O2/c1-30-19-13-11-18(12-14-19)23-15-22(17-7-3-2-4-8-17)27-28(23)24(29)16-26-21-10-6-5-9-20(21)25/h2-14,23,26H,15-16H2,1H3/t23-/m1/s1. The van der Waals surface area contributed by atoms with Gasteiger partial charge < -0.3 is 10.1 Å². The SMILES string of the molecule is COc1ccc([C@H]2CC(c3ccccc3)=NN2C(=O)CNc2ccccc2F)cc1. The minimum atomic E-state index is -0.396. The molecule has 1 N–H and O–H groups in total. The van der Waals surface area contributed by atoms with E-state index < -0.39 is 5.82 Å². The second-order valence-electron chi connectivity index (χ2n) is 6.98. The minimum absolute atomic E-state index is 0.0564. The second-order valence-corrected chi connectivity index (χ2v) is 6.98. The molecule has 1 atom stereocenters. The average Bonchev–Trinajstić information content (AvgIpc) is 3.25. The smallest absolute Gasteiger partial charge is 0.262 e. The summed E-state index contributed by atoms with van der Waals surface area (Å²) in [5.41, 5.74) is 3.08. The monoisotopic (exact) mass is 403 g/mol. The summed E-state index contributed by atoms with van der Waals surface area (Å²) in [6.45, 7) is -0.0564. The number of hydrogen-bond donors (Lipinski definition) is 1. The van der Waals surface area contributed by atoms with Gasteiger partial charge in [0, 0.05) is 6.42 Å². The molecule has 0 aliphatic carbocycles. The molecule has 0 fully saturated rings. The number of amides is 1. The number of methoxy groups -OCH3 is 1. The molecular formula is C24H22FN3O2. The highest BCUT2D eigenvalue weighted by Gasteiger charge is 2.33. The molecule has 152 valence electrons. The number of hydrogen-bond acceptors (Lipinski definition) is 4. The lowest BCUT2D eigenvalue weighted by atomic mass is 9.98. The van der Waals surface area contributed by atoms with Crippen LogP contribution in [0.5, 0.6) is 5.75 Å². The number of carbonyl (C=O) groups is 1. The highest BCUT2D eigenvalue weighted by Crippen LogP contribution is 2.33. The fraction of sp³-hybridized carbons (Fsp3) is 0.167. The molecule has 0 saturated heterocycles. The summed E-state index contributed by atoms with van der Waals surface area (Å²) in [6.07, 6.45) is 0.599. The largest absolute Gasteiger partial charge is 0.497 e. The van der Waals surface area contributed by atoms with Crippen LogP contribution >= 0.6 is 0 Å². The molecule has 3 aromatic carbocycles. The van der Waals surface area contributed by atoms with E-state index in [4.69, 9.17) is 4.74 Å². The van der Waals surface area contributed by atoms with Gasteiger partial charge in [0.15, 0.2) is 0 Å². The summed E-state index contributed by atoms with van der Waals surface area (Å²) in [4.78, 5) is 13.0. The summed E-state index contributed by atoms with van der Waals surface area (Å²) >= 11 is 0. The fourth-order valence-corrected chi connectivity index (χ4v) is 3.49. The molecule has 0 aromatic heterocycles.